The normalized spacial score (nSPS) is 29.8. The van der Waals surface area contributed by atoms with Crippen molar-refractivity contribution in [3.8, 4) is 0 Å². The summed E-state index contributed by atoms with van der Waals surface area (Å²) in [5, 5.41) is 0. The zero-order valence-corrected chi connectivity index (χ0v) is 11.8. The van der Waals surface area contributed by atoms with Crippen LogP contribution in [0.5, 0.6) is 0 Å². The molecule has 0 aliphatic carbocycles. The molecular weight excluding hydrogens is 260 g/mol. The van der Waals surface area contributed by atoms with Crippen molar-refractivity contribution in [2.45, 2.75) is 31.3 Å². The third-order valence-corrected chi connectivity index (χ3v) is 5.96. The molecular formula is C14H20N2O2S. The molecule has 0 amide bonds. The summed E-state index contributed by atoms with van der Waals surface area (Å²) in [4.78, 5) is 2.27. The van der Waals surface area contributed by atoms with Crippen LogP contribution in [0, 0.1) is 0 Å². The van der Waals surface area contributed by atoms with E-state index in [0.29, 0.717) is 5.75 Å². The maximum absolute atomic E-state index is 11.7. The van der Waals surface area contributed by atoms with Crippen molar-refractivity contribution in [2.75, 3.05) is 23.0 Å². The first kappa shape index (κ1) is 12.9. The number of fused-ring (bicyclic) bond motifs is 1. The highest BCUT2D eigenvalue weighted by atomic mass is 32.2. The number of para-hydroxylation sites is 1. The number of nitrogens with zero attached hydrogens (tertiary/aromatic N) is 1. The lowest BCUT2D eigenvalue weighted by Crippen LogP contribution is -2.37. The molecule has 2 N–H and O–H groups in total. The maximum atomic E-state index is 11.7. The summed E-state index contributed by atoms with van der Waals surface area (Å²) >= 11 is 0. The van der Waals surface area contributed by atoms with Gasteiger partial charge in [-0.3, -0.25) is 0 Å². The minimum absolute atomic E-state index is 0.0687. The highest BCUT2D eigenvalue weighted by Gasteiger charge is 2.34. The Morgan fingerprint density at radius 2 is 2.00 bits per heavy atom. The Morgan fingerprint density at radius 3 is 2.74 bits per heavy atom. The van der Waals surface area contributed by atoms with Crippen LogP contribution < -0.4 is 10.6 Å². The van der Waals surface area contributed by atoms with E-state index in [-0.39, 0.29) is 17.8 Å². The predicted molar refractivity (Wildman–Crippen MR) is 77.0 cm³/mol. The van der Waals surface area contributed by atoms with Crippen LogP contribution in [0.3, 0.4) is 0 Å². The van der Waals surface area contributed by atoms with Gasteiger partial charge in [0.2, 0.25) is 0 Å². The molecule has 1 fully saturated rings. The Kier molecular flexibility index (Phi) is 3.27. The molecule has 4 nitrogen and oxygen atoms in total. The molecule has 2 aliphatic rings. The minimum Gasteiger partial charge on any atom is -0.367 e. The molecule has 5 heteroatoms. The van der Waals surface area contributed by atoms with E-state index in [0.717, 1.165) is 37.1 Å². The first-order chi connectivity index (χ1) is 9.07. The van der Waals surface area contributed by atoms with Crippen molar-refractivity contribution in [2.24, 2.45) is 5.73 Å². The van der Waals surface area contributed by atoms with E-state index in [1.165, 1.54) is 0 Å². The van der Waals surface area contributed by atoms with Crippen LogP contribution >= 0.6 is 0 Å². The van der Waals surface area contributed by atoms with Gasteiger partial charge in [0.1, 0.15) is 0 Å². The van der Waals surface area contributed by atoms with Gasteiger partial charge in [0.25, 0.3) is 0 Å². The first-order valence-corrected chi connectivity index (χ1v) is 8.70. The second-order valence-corrected chi connectivity index (χ2v) is 7.79. The third-order valence-electron chi connectivity index (χ3n) is 4.21. The van der Waals surface area contributed by atoms with Crippen molar-refractivity contribution >= 4 is 15.5 Å². The number of nitrogens with two attached hydrogens (primary N) is 1. The quantitative estimate of drug-likeness (QED) is 0.846. The van der Waals surface area contributed by atoms with Gasteiger partial charge in [-0.15, -0.1) is 0 Å². The van der Waals surface area contributed by atoms with Crippen LogP contribution in [0.1, 0.15) is 30.9 Å². The number of hydrogen-bond donors (Lipinski definition) is 1. The van der Waals surface area contributed by atoms with Crippen LogP contribution in [-0.2, 0) is 9.84 Å². The van der Waals surface area contributed by atoms with Gasteiger partial charge in [-0.05, 0) is 30.9 Å². The topological polar surface area (TPSA) is 63.4 Å². The molecule has 0 radical (unpaired) electrons. The molecule has 104 valence electrons. The number of benzene rings is 1. The number of anilines is 1. The highest BCUT2D eigenvalue weighted by Crippen LogP contribution is 2.34. The van der Waals surface area contributed by atoms with Crippen LogP contribution in [0.4, 0.5) is 5.69 Å². The number of sulfone groups is 1. The third kappa shape index (κ3) is 2.49. The molecule has 1 aromatic rings. The fraction of sp³-hybridized carbons (Fsp3) is 0.571. The van der Waals surface area contributed by atoms with Gasteiger partial charge in [-0.1, -0.05) is 18.2 Å². The maximum Gasteiger partial charge on any atom is 0.152 e. The summed E-state index contributed by atoms with van der Waals surface area (Å²) in [6.45, 7) is 0.908. The second kappa shape index (κ2) is 4.80. The molecule has 0 bridgehead atoms. The van der Waals surface area contributed by atoms with E-state index in [9.17, 15) is 8.42 Å². The van der Waals surface area contributed by atoms with Crippen LogP contribution in [0.15, 0.2) is 24.3 Å². The Morgan fingerprint density at radius 1 is 1.21 bits per heavy atom. The van der Waals surface area contributed by atoms with Crippen molar-refractivity contribution in [3.63, 3.8) is 0 Å². The van der Waals surface area contributed by atoms with E-state index in [1.807, 2.05) is 12.1 Å². The summed E-state index contributed by atoms with van der Waals surface area (Å²) < 4.78 is 23.4. The van der Waals surface area contributed by atoms with Crippen molar-refractivity contribution in [3.05, 3.63) is 29.8 Å². The lowest BCUT2D eigenvalue weighted by atomic mass is 10.0. The summed E-state index contributed by atoms with van der Waals surface area (Å²) in [5.74, 6) is 0.610. The summed E-state index contributed by atoms with van der Waals surface area (Å²) in [5.41, 5.74) is 8.51. The molecule has 2 unspecified atom stereocenters. The van der Waals surface area contributed by atoms with Crippen LogP contribution in [-0.4, -0.2) is 32.5 Å². The van der Waals surface area contributed by atoms with Gasteiger partial charge >= 0.3 is 0 Å². The predicted octanol–water partition coefficient (Wildman–Crippen LogP) is 1.47. The zero-order valence-electron chi connectivity index (χ0n) is 11.0. The molecule has 3 rings (SSSR count). The molecule has 2 heterocycles. The molecule has 2 atom stereocenters. The molecule has 1 aromatic carbocycles. The van der Waals surface area contributed by atoms with Crippen LogP contribution in [0.25, 0.3) is 0 Å². The average molecular weight is 280 g/mol. The average Bonchev–Trinajstić information content (AvgIpc) is 2.65. The Balaban J connectivity index is 1.96. The van der Waals surface area contributed by atoms with E-state index in [2.05, 4.69) is 17.0 Å². The lowest BCUT2D eigenvalue weighted by Gasteiger charge is -2.30. The van der Waals surface area contributed by atoms with Gasteiger partial charge in [0.05, 0.1) is 11.5 Å². The second-order valence-electron chi connectivity index (χ2n) is 5.56. The van der Waals surface area contributed by atoms with Gasteiger partial charge in [-0.2, -0.15) is 0 Å². The van der Waals surface area contributed by atoms with E-state index in [4.69, 9.17) is 5.73 Å². The van der Waals surface area contributed by atoms with Gasteiger partial charge in [0.15, 0.2) is 9.84 Å². The number of rotatable bonds is 1. The molecule has 0 saturated carbocycles. The smallest absolute Gasteiger partial charge is 0.152 e. The van der Waals surface area contributed by atoms with E-state index < -0.39 is 9.84 Å². The molecule has 2 aliphatic heterocycles. The van der Waals surface area contributed by atoms with Crippen molar-refractivity contribution < 1.29 is 8.42 Å². The van der Waals surface area contributed by atoms with Crippen LogP contribution in [0.2, 0.25) is 0 Å². The standard InChI is InChI=1S/C14H20N2O2S/c15-13-5-3-8-16(11-7-9-19(17,18)10-11)14-6-2-1-4-12(13)14/h1-2,4,6,11,13H,3,5,7-10,15H2. The molecule has 0 spiro atoms. The van der Waals surface area contributed by atoms with E-state index in [1.54, 1.807) is 0 Å². The van der Waals surface area contributed by atoms with Crippen molar-refractivity contribution in [1.82, 2.24) is 0 Å². The Bertz CT molecular complexity index is 571. The first-order valence-electron chi connectivity index (χ1n) is 6.88. The van der Waals surface area contributed by atoms with Gasteiger partial charge in [-0.25, -0.2) is 8.42 Å². The fourth-order valence-corrected chi connectivity index (χ4v) is 4.95. The summed E-state index contributed by atoms with van der Waals surface area (Å²) in [7, 11) is -2.85. The largest absolute Gasteiger partial charge is 0.367 e. The fourth-order valence-electron chi connectivity index (χ4n) is 3.22. The van der Waals surface area contributed by atoms with E-state index >= 15 is 0 Å². The molecule has 1 saturated heterocycles. The SMILES string of the molecule is NC1CCCN(C2CCS(=O)(=O)C2)c2ccccc21. The van der Waals surface area contributed by atoms with Crippen molar-refractivity contribution in [1.29, 1.82) is 0 Å². The zero-order chi connectivity index (χ0) is 13.5. The Hall–Kier alpha value is -1.07. The van der Waals surface area contributed by atoms with Gasteiger partial charge in [0, 0.05) is 24.3 Å². The molecule has 19 heavy (non-hydrogen) atoms. The Labute approximate surface area is 114 Å². The molecule has 0 aromatic heterocycles. The summed E-state index contributed by atoms with van der Waals surface area (Å²) in [6, 6.07) is 8.35. The number of hydrogen-bond acceptors (Lipinski definition) is 4. The monoisotopic (exact) mass is 280 g/mol. The highest BCUT2D eigenvalue weighted by molar-refractivity contribution is 7.91. The lowest BCUT2D eigenvalue weighted by molar-refractivity contribution is 0.590. The summed E-state index contributed by atoms with van der Waals surface area (Å²) in [6.07, 6.45) is 2.73. The van der Waals surface area contributed by atoms with Gasteiger partial charge < -0.3 is 10.6 Å². The minimum atomic E-state index is -2.85.